The van der Waals surface area contributed by atoms with E-state index >= 15 is 0 Å². The molecule has 0 unspecified atom stereocenters. The molecule has 5 heteroatoms. The number of aromatic nitrogens is 2. The molecule has 0 amide bonds. The predicted octanol–water partition coefficient (Wildman–Crippen LogP) is 4.86. The van der Waals surface area contributed by atoms with Crippen LogP contribution in [0.4, 0.5) is 15.8 Å². The minimum Gasteiger partial charge on any atom is -0.353 e. The highest BCUT2D eigenvalue weighted by Crippen LogP contribution is 2.32. The third kappa shape index (κ3) is 3.45. The van der Waals surface area contributed by atoms with Crippen LogP contribution in [0.15, 0.2) is 41.2 Å². The van der Waals surface area contributed by atoms with Gasteiger partial charge in [0.15, 0.2) is 0 Å². The monoisotopic (exact) mass is 339 g/mol. The maximum atomic E-state index is 14.1. The normalized spacial score (nSPS) is 15.6. The number of fused-ring (bicyclic) bond motifs is 1. The van der Waals surface area contributed by atoms with Crippen LogP contribution in [0.3, 0.4) is 0 Å². The van der Waals surface area contributed by atoms with E-state index in [9.17, 15) is 9.18 Å². The Morgan fingerprint density at radius 1 is 1.00 bits per heavy atom. The molecule has 0 atom stereocenters. The first kappa shape index (κ1) is 15.9. The highest BCUT2D eigenvalue weighted by atomic mass is 19.1. The molecule has 1 aromatic heterocycles. The number of imidazole rings is 1. The molecule has 1 saturated carbocycles. The molecule has 0 bridgehead atoms. The van der Waals surface area contributed by atoms with Crippen molar-refractivity contribution in [2.24, 2.45) is 5.92 Å². The van der Waals surface area contributed by atoms with Gasteiger partial charge in [0, 0.05) is 5.69 Å². The van der Waals surface area contributed by atoms with Crippen LogP contribution in [0.1, 0.15) is 37.7 Å². The molecule has 4 rings (SSSR count). The lowest BCUT2D eigenvalue weighted by molar-refractivity contribution is 0.357. The quantitative estimate of drug-likeness (QED) is 0.635. The van der Waals surface area contributed by atoms with Crippen molar-refractivity contribution in [3.05, 3.63) is 58.3 Å². The summed E-state index contributed by atoms with van der Waals surface area (Å²) < 4.78 is 14.1. The molecule has 3 aromatic rings. The molecule has 1 fully saturated rings. The van der Waals surface area contributed by atoms with Crippen LogP contribution in [0.25, 0.3) is 11.0 Å². The molecule has 1 aliphatic carbocycles. The Hall–Kier alpha value is -2.56. The van der Waals surface area contributed by atoms with Gasteiger partial charge in [0.05, 0.1) is 16.7 Å². The lowest BCUT2D eigenvalue weighted by atomic mass is 9.84. The maximum Gasteiger partial charge on any atom is 0.323 e. The van der Waals surface area contributed by atoms with Crippen molar-refractivity contribution < 1.29 is 4.39 Å². The van der Waals surface area contributed by atoms with Gasteiger partial charge in [-0.2, -0.15) is 0 Å². The van der Waals surface area contributed by atoms with Gasteiger partial charge >= 0.3 is 5.69 Å². The third-order valence-electron chi connectivity index (χ3n) is 5.12. The average molecular weight is 339 g/mol. The number of rotatable bonds is 4. The Morgan fingerprint density at radius 2 is 1.72 bits per heavy atom. The lowest BCUT2D eigenvalue weighted by Gasteiger charge is -2.23. The van der Waals surface area contributed by atoms with E-state index in [0.717, 1.165) is 28.7 Å². The van der Waals surface area contributed by atoms with E-state index in [4.69, 9.17) is 0 Å². The van der Waals surface area contributed by atoms with Crippen molar-refractivity contribution in [1.82, 2.24) is 9.97 Å². The van der Waals surface area contributed by atoms with Crippen LogP contribution >= 0.6 is 0 Å². The fourth-order valence-corrected chi connectivity index (χ4v) is 3.82. The highest BCUT2D eigenvalue weighted by molar-refractivity contribution is 5.82. The number of para-hydroxylation sites is 1. The van der Waals surface area contributed by atoms with Crippen molar-refractivity contribution in [1.29, 1.82) is 0 Å². The van der Waals surface area contributed by atoms with E-state index in [2.05, 4.69) is 15.3 Å². The lowest BCUT2D eigenvalue weighted by Crippen LogP contribution is -2.10. The minimum atomic E-state index is -0.284. The Bertz CT molecular complexity index is 938. The largest absolute Gasteiger partial charge is 0.353 e. The second kappa shape index (κ2) is 6.75. The summed E-state index contributed by atoms with van der Waals surface area (Å²) in [6, 6.07) is 10.6. The van der Waals surface area contributed by atoms with E-state index < -0.39 is 0 Å². The number of halogens is 1. The van der Waals surface area contributed by atoms with Gasteiger partial charge in [-0.15, -0.1) is 0 Å². The van der Waals surface area contributed by atoms with Gasteiger partial charge in [-0.3, -0.25) is 0 Å². The van der Waals surface area contributed by atoms with Crippen LogP contribution in [-0.4, -0.2) is 9.97 Å². The number of hydrogen-bond acceptors (Lipinski definition) is 2. The average Bonchev–Trinajstić information content (AvgIpc) is 2.97. The van der Waals surface area contributed by atoms with Gasteiger partial charge in [-0.1, -0.05) is 44.2 Å². The number of anilines is 2. The topological polar surface area (TPSA) is 60.7 Å². The van der Waals surface area contributed by atoms with Crippen molar-refractivity contribution in [3.63, 3.8) is 0 Å². The Balaban J connectivity index is 1.72. The molecule has 3 N–H and O–H groups in total. The van der Waals surface area contributed by atoms with Gasteiger partial charge in [0.25, 0.3) is 0 Å². The predicted molar refractivity (Wildman–Crippen MR) is 98.9 cm³/mol. The number of H-pyrrole nitrogens is 2. The van der Waals surface area contributed by atoms with Gasteiger partial charge in [-0.05, 0) is 42.2 Å². The summed E-state index contributed by atoms with van der Waals surface area (Å²) >= 11 is 0. The van der Waals surface area contributed by atoms with Crippen LogP contribution in [-0.2, 0) is 6.42 Å². The van der Waals surface area contributed by atoms with E-state index in [0.29, 0.717) is 11.6 Å². The highest BCUT2D eigenvalue weighted by Gasteiger charge is 2.17. The van der Waals surface area contributed by atoms with Gasteiger partial charge in [0.1, 0.15) is 5.82 Å². The molecule has 2 aromatic carbocycles. The first-order valence-corrected chi connectivity index (χ1v) is 8.95. The van der Waals surface area contributed by atoms with Crippen molar-refractivity contribution in [2.45, 2.75) is 38.5 Å². The molecule has 0 spiro atoms. The van der Waals surface area contributed by atoms with E-state index in [-0.39, 0.29) is 11.5 Å². The minimum absolute atomic E-state index is 0.221. The zero-order chi connectivity index (χ0) is 17.2. The zero-order valence-corrected chi connectivity index (χ0v) is 14.1. The third-order valence-corrected chi connectivity index (χ3v) is 5.12. The molecular weight excluding hydrogens is 317 g/mol. The maximum absolute atomic E-state index is 14.1. The van der Waals surface area contributed by atoms with Crippen LogP contribution in [0.5, 0.6) is 0 Å². The van der Waals surface area contributed by atoms with Crippen molar-refractivity contribution in [3.8, 4) is 0 Å². The molecule has 0 radical (unpaired) electrons. The fraction of sp³-hybridized carbons (Fsp3) is 0.350. The summed E-state index contributed by atoms with van der Waals surface area (Å²) in [5.74, 6) is 0.367. The SMILES string of the molecule is O=c1[nH]c2cc(CC3CCCCC3)c(Nc3ccccc3F)cc2[nH]1. The zero-order valence-electron chi connectivity index (χ0n) is 14.1. The fourth-order valence-electron chi connectivity index (χ4n) is 3.82. The second-order valence-electron chi connectivity index (χ2n) is 6.95. The molecule has 25 heavy (non-hydrogen) atoms. The van der Waals surface area contributed by atoms with E-state index in [1.807, 2.05) is 18.2 Å². The molecule has 0 saturated heterocycles. The molecule has 0 aliphatic heterocycles. The van der Waals surface area contributed by atoms with E-state index in [1.165, 1.54) is 38.2 Å². The van der Waals surface area contributed by atoms with Gasteiger partial charge in [0.2, 0.25) is 0 Å². The summed E-state index contributed by atoms with van der Waals surface area (Å²) in [6.45, 7) is 0. The number of aromatic amines is 2. The second-order valence-corrected chi connectivity index (χ2v) is 6.95. The summed E-state index contributed by atoms with van der Waals surface area (Å²) in [7, 11) is 0. The summed E-state index contributed by atoms with van der Waals surface area (Å²) in [4.78, 5) is 17.2. The summed E-state index contributed by atoms with van der Waals surface area (Å²) in [5, 5.41) is 3.22. The summed E-state index contributed by atoms with van der Waals surface area (Å²) in [5.41, 5.74) is 3.74. The standard InChI is InChI=1S/C20H22FN3O/c21-15-8-4-5-9-16(15)22-17-12-19-18(23-20(25)24-19)11-14(17)10-13-6-2-1-3-7-13/h4-5,8-9,11-13,22H,1-3,6-7,10H2,(H2,23,24,25). The molecule has 1 aliphatic rings. The van der Waals surface area contributed by atoms with Crippen LogP contribution < -0.4 is 11.0 Å². The van der Waals surface area contributed by atoms with Crippen molar-refractivity contribution >= 4 is 22.4 Å². The summed E-state index contributed by atoms with van der Waals surface area (Å²) in [6.07, 6.45) is 7.30. The Kier molecular flexibility index (Phi) is 4.30. The first-order valence-electron chi connectivity index (χ1n) is 8.95. The number of nitrogens with one attached hydrogen (secondary N) is 3. The van der Waals surface area contributed by atoms with Gasteiger partial charge < -0.3 is 15.3 Å². The smallest absolute Gasteiger partial charge is 0.323 e. The molecule has 130 valence electrons. The number of hydrogen-bond donors (Lipinski definition) is 3. The molecular formula is C20H22FN3O. The first-order chi connectivity index (χ1) is 12.2. The van der Waals surface area contributed by atoms with E-state index in [1.54, 1.807) is 12.1 Å². The Morgan fingerprint density at radius 3 is 2.48 bits per heavy atom. The Labute approximate surface area is 145 Å². The van der Waals surface area contributed by atoms with Crippen molar-refractivity contribution in [2.75, 3.05) is 5.32 Å². The van der Waals surface area contributed by atoms with Crippen LogP contribution in [0.2, 0.25) is 0 Å². The molecule has 1 heterocycles. The molecule has 4 nitrogen and oxygen atoms in total. The number of benzene rings is 2. The van der Waals surface area contributed by atoms with Crippen LogP contribution in [0, 0.1) is 11.7 Å². The van der Waals surface area contributed by atoms with Gasteiger partial charge in [-0.25, -0.2) is 9.18 Å².